The highest BCUT2D eigenvalue weighted by atomic mass is 35.5. The molecule has 0 aliphatic heterocycles. The predicted octanol–water partition coefficient (Wildman–Crippen LogP) is 5.71. The normalized spacial score (nSPS) is 13.3. The maximum atomic E-state index is 13.7. The molecule has 10 nitrogen and oxygen atoms in total. The molecule has 1 atom stereocenters. The van der Waals surface area contributed by atoms with Gasteiger partial charge in [-0.15, -0.1) is 0 Å². The van der Waals surface area contributed by atoms with E-state index in [-0.39, 0.29) is 61.6 Å². The lowest BCUT2D eigenvalue weighted by Gasteiger charge is -2.13. The Morgan fingerprint density at radius 1 is 1.14 bits per heavy atom. The van der Waals surface area contributed by atoms with Gasteiger partial charge in [-0.2, -0.15) is 13.4 Å². The lowest BCUT2D eigenvalue weighted by molar-refractivity contribution is 0.0170. The van der Waals surface area contributed by atoms with Crippen molar-refractivity contribution < 1.29 is 35.2 Å². The quantitative estimate of drug-likeness (QED) is 0.259. The van der Waals surface area contributed by atoms with Crippen LogP contribution in [0.4, 0.5) is 8.78 Å². The fourth-order valence-electron chi connectivity index (χ4n) is 3.09. The molecule has 0 spiro atoms. The van der Waals surface area contributed by atoms with Crippen LogP contribution in [0.3, 0.4) is 0 Å². The van der Waals surface area contributed by atoms with Crippen molar-refractivity contribution in [2.75, 3.05) is 6.61 Å². The summed E-state index contributed by atoms with van der Waals surface area (Å²) in [6.07, 6.45) is 1.61. The first-order valence-corrected chi connectivity index (χ1v) is 12.4. The van der Waals surface area contributed by atoms with Crippen LogP contribution in [-0.2, 0) is 20.5 Å². The van der Waals surface area contributed by atoms with Gasteiger partial charge in [-0.1, -0.05) is 40.0 Å². The average Bonchev–Trinajstić information content (AvgIpc) is 3.39. The maximum Gasteiger partial charge on any atom is 0.397 e. The minimum absolute atomic E-state index is 0.0155. The summed E-state index contributed by atoms with van der Waals surface area (Å²) >= 11 is 18.7. The largest absolute Gasteiger partial charge is 0.489 e. The molecule has 0 amide bonds. The highest BCUT2D eigenvalue weighted by Crippen LogP contribution is 2.37. The number of alkyl halides is 2. The zero-order valence-corrected chi connectivity index (χ0v) is 21.3. The van der Waals surface area contributed by atoms with Crippen molar-refractivity contribution in [2.24, 2.45) is 0 Å². The zero-order valence-electron chi connectivity index (χ0n) is 18.2. The van der Waals surface area contributed by atoms with Crippen LogP contribution < -0.4 is 4.74 Å². The van der Waals surface area contributed by atoms with Gasteiger partial charge in [0.05, 0.1) is 15.1 Å². The molecule has 16 heteroatoms. The molecule has 0 aliphatic carbocycles. The third-order valence-electron chi connectivity index (χ3n) is 4.68. The van der Waals surface area contributed by atoms with E-state index in [4.69, 9.17) is 48.6 Å². The van der Waals surface area contributed by atoms with Crippen molar-refractivity contribution in [1.82, 2.24) is 19.5 Å². The fourth-order valence-corrected chi connectivity index (χ4v) is 4.27. The molecule has 0 bridgehead atoms. The summed E-state index contributed by atoms with van der Waals surface area (Å²) in [5.41, 5.74) is 0.384. The number of pyridine rings is 1. The number of imidazole rings is 1. The van der Waals surface area contributed by atoms with Gasteiger partial charge in [-0.3, -0.25) is 4.55 Å². The number of benzene rings is 1. The summed E-state index contributed by atoms with van der Waals surface area (Å²) in [5.74, 6) is -2.97. The molecule has 1 aromatic carbocycles. The van der Waals surface area contributed by atoms with E-state index in [0.717, 1.165) is 13.0 Å². The Labute approximate surface area is 217 Å². The molecule has 36 heavy (non-hydrogen) atoms. The van der Waals surface area contributed by atoms with Gasteiger partial charge in [0, 0.05) is 36.5 Å². The monoisotopic (exact) mass is 582 g/mol. The number of hydrogen-bond acceptors (Lipinski definition) is 8. The smallest absolute Gasteiger partial charge is 0.397 e. The molecule has 0 aliphatic rings. The summed E-state index contributed by atoms with van der Waals surface area (Å²) in [6.45, 7) is 1.86. The van der Waals surface area contributed by atoms with Gasteiger partial charge < -0.3 is 13.7 Å². The molecule has 1 N–H and O–H groups in total. The van der Waals surface area contributed by atoms with Crippen LogP contribution in [0.25, 0.3) is 28.6 Å². The molecule has 0 unspecified atom stereocenters. The summed E-state index contributed by atoms with van der Waals surface area (Å²) in [7, 11) is -4.64. The molecule has 0 fully saturated rings. The molecule has 0 saturated heterocycles. The highest BCUT2D eigenvalue weighted by molar-refractivity contribution is 7.80. The summed E-state index contributed by atoms with van der Waals surface area (Å²) in [6, 6.07) is 3.89. The van der Waals surface area contributed by atoms with Crippen LogP contribution >= 0.6 is 34.8 Å². The lowest BCUT2D eigenvalue weighted by Crippen LogP contribution is -2.21. The molecular formula is C20H15Cl3F2N4O6S. The molecule has 4 aromatic rings. The Balaban J connectivity index is 1.59. The van der Waals surface area contributed by atoms with Crippen molar-refractivity contribution >= 4 is 50.8 Å². The Morgan fingerprint density at radius 2 is 1.86 bits per heavy atom. The van der Waals surface area contributed by atoms with E-state index < -0.39 is 22.4 Å². The van der Waals surface area contributed by atoms with Crippen molar-refractivity contribution in [3.8, 4) is 28.7 Å². The van der Waals surface area contributed by atoms with E-state index in [2.05, 4.69) is 19.3 Å². The summed E-state index contributed by atoms with van der Waals surface area (Å²) in [5, 5.41) is 4.10. The van der Waals surface area contributed by atoms with Crippen LogP contribution in [0.1, 0.15) is 19.4 Å². The van der Waals surface area contributed by atoms with Crippen LogP contribution in [-0.4, -0.2) is 45.2 Å². The number of fused-ring (bicyclic) bond motifs is 1. The first kappa shape index (κ1) is 26.5. The van der Waals surface area contributed by atoms with E-state index in [9.17, 15) is 17.2 Å². The van der Waals surface area contributed by atoms with Gasteiger partial charge in [0.25, 0.3) is 11.8 Å². The van der Waals surface area contributed by atoms with Crippen LogP contribution in [0.5, 0.6) is 5.75 Å². The van der Waals surface area contributed by atoms with E-state index >= 15 is 0 Å². The molecule has 0 radical (unpaired) electrons. The second kappa shape index (κ2) is 9.72. The first-order valence-electron chi connectivity index (χ1n) is 9.90. The number of halogens is 5. The van der Waals surface area contributed by atoms with E-state index in [1.807, 2.05) is 0 Å². The van der Waals surface area contributed by atoms with Crippen molar-refractivity contribution in [1.29, 1.82) is 0 Å². The van der Waals surface area contributed by atoms with E-state index in [1.54, 1.807) is 0 Å². The van der Waals surface area contributed by atoms with Gasteiger partial charge in [-0.25, -0.2) is 17.9 Å². The predicted molar refractivity (Wildman–Crippen MR) is 126 cm³/mol. The second-order valence-electron chi connectivity index (χ2n) is 7.65. The Hall–Kier alpha value is -2.55. The van der Waals surface area contributed by atoms with Gasteiger partial charge in [0.2, 0.25) is 5.82 Å². The Bertz CT molecular complexity index is 1560. The third kappa shape index (κ3) is 5.88. The Morgan fingerprint density at radius 3 is 2.53 bits per heavy atom. The molecule has 0 saturated carbocycles. The maximum absolute atomic E-state index is 13.7. The lowest BCUT2D eigenvalue weighted by atomic mass is 10.2. The number of rotatable bonds is 8. The van der Waals surface area contributed by atoms with Crippen molar-refractivity contribution in [2.45, 2.75) is 25.9 Å². The molecular weight excluding hydrogens is 569 g/mol. The minimum atomic E-state index is -4.64. The van der Waals surface area contributed by atoms with Crippen molar-refractivity contribution in [3.63, 3.8) is 0 Å². The standard InChI is InChI=1S/C20H15Cl3F2N4O6S/c1-9(35-36(30,31)32)8-33-16-5-12(21)11(4-13(16)22)17-27-19(34-28-17)15-7-29-6-10(20(2,24)25)3-14(23)18(29)26-15/h3-7,9H,8H2,1-2H3,(H,30,31,32)/t9-/m1/s1. The fraction of sp³-hybridized carbons (Fsp3) is 0.250. The first-order chi connectivity index (χ1) is 16.7. The number of ether oxygens (including phenoxy) is 1. The number of aromatic nitrogens is 4. The average molecular weight is 584 g/mol. The van der Waals surface area contributed by atoms with E-state index in [1.165, 1.54) is 35.9 Å². The molecule has 3 aromatic heterocycles. The van der Waals surface area contributed by atoms with Gasteiger partial charge in [0.1, 0.15) is 24.2 Å². The second-order valence-corrected chi connectivity index (χ2v) is 9.92. The van der Waals surface area contributed by atoms with Gasteiger partial charge >= 0.3 is 10.4 Å². The highest BCUT2D eigenvalue weighted by Gasteiger charge is 2.27. The number of nitrogens with zero attached hydrogens (tertiary/aromatic N) is 4. The van der Waals surface area contributed by atoms with Crippen LogP contribution in [0, 0.1) is 0 Å². The van der Waals surface area contributed by atoms with Crippen molar-refractivity contribution in [3.05, 3.63) is 51.2 Å². The third-order valence-corrected chi connectivity index (χ3v) is 6.14. The SMILES string of the molecule is C[C@H](COc1cc(Cl)c(-c2noc(-c3cn4cc(C(C)(F)F)cc(Cl)c4n3)n2)cc1Cl)OS(=O)(=O)O. The van der Waals surface area contributed by atoms with Gasteiger partial charge in [-0.05, 0) is 19.1 Å². The minimum Gasteiger partial charge on any atom is -0.489 e. The Kier molecular flexibility index (Phi) is 7.16. The molecule has 192 valence electrons. The molecule has 3 heterocycles. The zero-order chi connectivity index (χ0) is 26.4. The van der Waals surface area contributed by atoms with Gasteiger partial charge in [0.15, 0.2) is 5.65 Å². The van der Waals surface area contributed by atoms with Crippen LogP contribution in [0.15, 0.2) is 35.1 Å². The van der Waals surface area contributed by atoms with Crippen LogP contribution in [0.2, 0.25) is 15.1 Å². The number of hydrogen-bond donors (Lipinski definition) is 1. The summed E-state index contributed by atoms with van der Waals surface area (Å²) in [4.78, 5) is 8.52. The summed E-state index contributed by atoms with van der Waals surface area (Å²) < 4.78 is 74.1. The molecule has 4 rings (SSSR count). The topological polar surface area (TPSA) is 129 Å². The van der Waals surface area contributed by atoms with E-state index in [0.29, 0.717) is 0 Å².